The second-order valence-corrected chi connectivity index (χ2v) is 4.87. The van der Waals surface area contributed by atoms with E-state index in [1.165, 1.54) is 0 Å². The first-order valence-corrected chi connectivity index (χ1v) is 6.85. The maximum absolute atomic E-state index is 12.4. The summed E-state index contributed by atoms with van der Waals surface area (Å²) in [6, 6.07) is 11.0. The standard InChI is InChI=1S/C16H17N3O2/c1-3-8-19(16(20)15-9-12(2)18-21-15)11-14-6-4-13(10-17)5-7-14/h4-7,9H,3,8,11H2,1-2H3. The molecule has 108 valence electrons. The monoisotopic (exact) mass is 283 g/mol. The highest BCUT2D eigenvalue weighted by molar-refractivity contribution is 5.91. The van der Waals surface area contributed by atoms with Crippen molar-refractivity contribution < 1.29 is 9.32 Å². The number of aromatic nitrogens is 1. The van der Waals surface area contributed by atoms with Crippen LogP contribution in [0.1, 0.15) is 40.7 Å². The molecule has 0 atom stereocenters. The molecule has 5 nitrogen and oxygen atoms in total. The second kappa shape index (κ2) is 6.71. The molecule has 5 heteroatoms. The molecule has 0 saturated carbocycles. The van der Waals surface area contributed by atoms with Crippen LogP contribution in [0.15, 0.2) is 34.9 Å². The molecular formula is C16H17N3O2. The second-order valence-electron chi connectivity index (χ2n) is 4.87. The molecule has 1 amide bonds. The number of amides is 1. The zero-order valence-corrected chi connectivity index (χ0v) is 12.2. The summed E-state index contributed by atoms with van der Waals surface area (Å²) in [5.74, 6) is 0.0939. The molecular weight excluding hydrogens is 266 g/mol. The van der Waals surface area contributed by atoms with Crippen LogP contribution >= 0.6 is 0 Å². The minimum Gasteiger partial charge on any atom is -0.351 e. The maximum Gasteiger partial charge on any atom is 0.292 e. The summed E-state index contributed by atoms with van der Waals surface area (Å²) >= 11 is 0. The molecule has 0 aliphatic rings. The first-order chi connectivity index (χ1) is 10.1. The minimum absolute atomic E-state index is 0.165. The van der Waals surface area contributed by atoms with E-state index in [1.807, 2.05) is 19.1 Å². The smallest absolute Gasteiger partial charge is 0.292 e. The minimum atomic E-state index is -0.165. The molecule has 2 aromatic rings. The van der Waals surface area contributed by atoms with Crippen molar-refractivity contribution in [3.63, 3.8) is 0 Å². The fourth-order valence-corrected chi connectivity index (χ4v) is 2.05. The number of benzene rings is 1. The number of carbonyl (C=O) groups excluding carboxylic acids is 1. The highest BCUT2D eigenvalue weighted by Gasteiger charge is 2.19. The van der Waals surface area contributed by atoms with E-state index in [9.17, 15) is 4.79 Å². The van der Waals surface area contributed by atoms with E-state index in [2.05, 4.69) is 11.2 Å². The van der Waals surface area contributed by atoms with Crippen molar-refractivity contribution >= 4 is 5.91 Å². The summed E-state index contributed by atoms with van der Waals surface area (Å²) in [5.41, 5.74) is 2.28. The molecule has 0 spiro atoms. The molecule has 0 aliphatic carbocycles. The maximum atomic E-state index is 12.4. The quantitative estimate of drug-likeness (QED) is 0.846. The van der Waals surface area contributed by atoms with Crippen LogP contribution in [0.4, 0.5) is 0 Å². The number of carbonyl (C=O) groups is 1. The normalized spacial score (nSPS) is 10.1. The topological polar surface area (TPSA) is 70.1 Å². The van der Waals surface area contributed by atoms with Crippen LogP contribution in [0, 0.1) is 18.3 Å². The van der Waals surface area contributed by atoms with E-state index in [0.29, 0.717) is 24.3 Å². The summed E-state index contributed by atoms with van der Waals surface area (Å²) in [7, 11) is 0. The zero-order valence-electron chi connectivity index (χ0n) is 12.2. The number of hydrogen-bond donors (Lipinski definition) is 0. The predicted octanol–water partition coefficient (Wildman–Crippen LogP) is 2.91. The van der Waals surface area contributed by atoms with Gasteiger partial charge in [-0.05, 0) is 31.0 Å². The molecule has 0 radical (unpaired) electrons. The van der Waals surface area contributed by atoms with Crippen LogP contribution in [0.3, 0.4) is 0 Å². The highest BCUT2D eigenvalue weighted by atomic mass is 16.5. The fourth-order valence-electron chi connectivity index (χ4n) is 2.05. The predicted molar refractivity (Wildman–Crippen MR) is 77.4 cm³/mol. The van der Waals surface area contributed by atoms with Gasteiger partial charge in [-0.1, -0.05) is 24.2 Å². The molecule has 0 fully saturated rings. The van der Waals surface area contributed by atoms with E-state index < -0.39 is 0 Å². The lowest BCUT2D eigenvalue weighted by Gasteiger charge is -2.20. The Kier molecular flexibility index (Phi) is 4.72. The Hall–Kier alpha value is -2.61. The molecule has 0 bridgehead atoms. The van der Waals surface area contributed by atoms with E-state index in [0.717, 1.165) is 12.0 Å². The average Bonchev–Trinajstić information content (AvgIpc) is 2.93. The first kappa shape index (κ1) is 14.8. The number of rotatable bonds is 5. The van der Waals surface area contributed by atoms with Crippen LogP contribution < -0.4 is 0 Å². The largest absolute Gasteiger partial charge is 0.351 e. The molecule has 0 N–H and O–H groups in total. The lowest BCUT2D eigenvalue weighted by atomic mass is 10.1. The van der Waals surface area contributed by atoms with Crippen molar-refractivity contribution in [1.29, 1.82) is 5.26 Å². The molecule has 2 rings (SSSR count). The Labute approximate surface area is 123 Å². The van der Waals surface area contributed by atoms with Gasteiger partial charge >= 0.3 is 0 Å². The van der Waals surface area contributed by atoms with Crippen LogP contribution in [0.25, 0.3) is 0 Å². The third-order valence-corrected chi connectivity index (χ3v) is 3.08. The van der Waals surface area contributed by atoms with Gasteiger partial charge in [0.05, 0.1) is 17.3 Å². The van der Waals surface area contributed by atoms with Gasteiger partial charge in [0.15, 0.2) is 0 Å². The van der Waals surface area contributed by atoms with Crippen molar-refractivity contribution in [3.8, 4) is 6.07 Å². The summed E-state index contributed by atoms with van der Waals surface area (Å²) in [6.45, 7) is 4.92. The lowest BCUT2D eigenvalue weighted by molar-refractivity contribution is 0.0701. The Morgan fingerprint density at radius 2 is 2.10 bits per heavy atom. The first-order valence-electron chi connectivity index (χ1n) is 6.85. The highest BCUT2D eigenvalue weighted by Crippen LogP contribution is 2.12. The number of aryl methyl sites for hydroxylation is 1. The van der Waals surface area contributed by atoms with Gasteiger partial charge in [-0.2, -0.15) is 5.26 Å². The van der Waals surface area contributed by atoms with E-state index in [4.69, 9.17) is 9.78 Å². The van der Waals surface area contributed by atoms with Crippen LogP contribution in [0.2, 0.25) is 0 Å². The SMILES string of the molecule is CCCN(Cc1ccc(C#N)cc1)C(=O)c1cc(C)no1. The Bertz CT molecular complexity index is 653. The van der Waals surface area contributed by atoms with Crippen molar-refractivity contribution in [2.45, 2.75) is 26.8 Å². The van der Waals surface area contributed by atoms with E-state index >= 15 is 0 Å². The van der Waals surface area contributed by atoms with E-state index in [1.54, 1.807) is 30.0 Å². The zero-order chi connectivity index (χ0) is 15.2. The van der Waals surface area contributed by atoms with Gasteiger partial charge in [-0.3, -0.25) is 4.79 Å². The summed E-state index contributed by atoms with van der Waals surface area (Å²) in [6.07, 6.45) is 0.856. The Balaban J connectivity index is 2.14. The number of nitrogens with zero attached hydrogens (tertiary/aromatic N) is 3. The Morgan fingerprint density at radius 3 is 2.62 bits per heavy atom. The average molecular weight is 283 g/mol. The van der Waals surface area contributed by atoms with Gasteiger partial charge in [0.2, 0.25) is 5.76 Å². The Morgan fingerprint density at radius 1 is 1.38 bits per heavy atom. The van der Waals surface area contributed by atoms with Gasteiger partial charge < -0.3 is 9.42 Å². The van der Waals surface area contributed by atoms with Crippen molar-refractivity contribution in [3.05, 3.63) is 52.9 Å². The van der Waals surface area contributed by atoms with Gasteiger partial charge in [-0.15, -0.1) is 0 Å². The van der Waals surface area contributed by atoms with Gasteiger partial charge in [0.1, 0.15) is 0 Å². The number of hydrogen-bond acceptors (Lipinski definition) is 4. The third kappa shape index (κ3) is 3.69. The summed E-state index contributed by atoms with van der Waals surface area (Å²) < 4.78 is 5.04. The van der Waals surface area contributed by atoms with Crippen LogP contribution in [-0.4, -0.2) is 22.5 Å². The molecule has 0 saturated heterocycles. The van der Waals surface area contributed by atoms with Gasteiger partial charge in [0.25, 0.3) is 5.91 Å². The number of nitriles is 1. The summed E-state index contributed by atoms with van der Waals surface area (Å²) in [5, 5.41) is 12.6. The van der Waals surface area contributed by atoms with Gasteiger partial charge in [0, 0.05) is 19.2 Å². The van der Waals surface area contributed by atoms with Crippen molar-refractivity contribution in [2.24, 2.45) is 0 Å². The van der Waals surface area contributed by atoms with E-state index in [-0.39, 0.29) is 11.7 Å². The van der Waals surface area contributed by atoms with Gasteiger partial charge in [-0.25, -0.2) is 0 Å². The fraction of sp³-hybridized carbons (Fsp3) is 0.312. The molecule has 0 aliphatic heterocycles. The third-order valence-electron chi connectivity index (χ3n) is 3.08. The molecule has 21 heavy (non-hydrogen) atoms. The summed E-state index contributed by atoms with van der Waals surface area (Å²) in [4.78, 5) is 14.1. The molecule has 1 aromatic carbocycles. The van der Waals surface area contributed by atoms with Crippen molar-refractivity contribution in [2.75, 3.05) is 6.54 Å². The lowest BCUT2D eigenvalue weighted by Crippen LogP contribution is -2.31. The van der Waals surface area contributed by atoms with Crippen LogP contribution in [0.5, 0.6) is 0 Å². The molecule has 0 unspecified atom stereocenters. The molecule has 1 aromatic heterocycles. The van der Waals surface area contributed by atoms with Crippen molar-refractivity contribution in [1.82, 2.24) is 10.1 Å². The molecule has 1 heterocycles. The van der Waals surface area contributed by atoms with Crippen LogP contribution in [-0.2, 0) is 6.54 Å².